The first-order valence-corrected chi connectivity index (χ1v) is 12.1. The second-order valence-electron chi connectivity index (χ2n) is 8.36. The maximum atomic E-state index is 14.1. The maximum absolute atomic E-state index is 14.1. The molecule has 188 valence electrons. The molecule has 0 saturated heterocycles. The van der Waals surface area contributed by atoms with Gasteiger partial charge in [-0.25, -0.2) is 18.0 Å². The van der Waals surface area contributed by atoms with Gasteiger partial charge in [-0.05, 0) is 37.4 Å². The molecule has 1 unspecified atom stereocenters. The average Bonchev–Trinajstić information content (AvgIpc) is 3.38. The zero-order valence-corrected chi connectivity index (χ0v) is 19.9. The Bertz CT molecular complexity index is 1200. The van der Waals surface area contributed by atoms with Gasteiger partial charge in [0.05, 0.1) is 41.1 Å². The van der Waals surface area contributed by atoms with Crippen LogP contribution < -0.4 is 9.04 Å². The molecule has 11 heteroatoms. The molecule has 2 aromatic carbocycles. The van der Waals surface area contributed by atoms with E-state index < -0.39 is 46.4 Å². The van der Waals surface area contributed by atoms with E-state index in [0.717, 1.165) is 25.2 Å². The lowest BCUT2D eigenvalue weighted by atomic mass is 9.99. The van der Waals surface area contributed by atoms with Crippen molar-refractivity contribution in [3.63, 3.8) is 0 Å². The molecule has 0 radical (unpaired) electrons. The first-order chi connectivity index (χ1) is 16.6. The van der Waals surface area contributed by atoms with Crippen molar-refractivity contribution in [1.29, 1.82) is 0 Å². The normalized spacial score (nSPS) is 20.8. The summed E-state index contributed by atoms with van der Waals surface area (Å²) in [4.78, 5) is 14.3. The molecule has 1 saturated carbocycles. The summed E-state index contributed by atoms with van der Waals surface area (Å²) in [6, 6.07) is 5.86. The lowest BCUT2D eigenvalue weighted by Crippen LogP contribution is -2.24. The quantitative estimate of drug-likeness (QED) is 0.499. The van der Waals surface area contributed by atoms with Crippen LogP contribution in [0.1, 0.15) is 41.3 Å². The lowest BCUT2D eigenvalue weighted by Gasteiger charge is -2.31. The minimum atomic E-state index is -3.03. The van der Waals surface area contributed by atoms with E-state index in [0.29, 0.717) is 10.8 Å². The highest BCUT2D eigenvalue weighted by molar-refractivity contribution is 7.81. The van der Waals surface area contributed by atoms with Crippen LogP contribution in [0.15, 0.2) is 36.4 Å². The number of carboxylic acid groups (broad SMARTS) is 1. The Morgan fingerprint density at radius 1 is 1.26 bits per heavy atom. The van der Waals surface area contributed by atoms with E-state index >= 15 is 0 Å². The van der Waals surface area contributed by atoms with Gasteiger partial charge in [0.2, 0.25) is 0 Å². The first-order valence-electron chi connectivity index (χ1n) is 11.1. The van der Waals surface area contributed by atoms with Gasteiger partial charge >= 0.3 is 5.97 Å². The standard InChI is InChI=1S/C24H25F3N2O5S/c1-3-28(4-2)11-5-6-14-12-15(25)7-9-18(14)29(35(32)33)19-10-8-16-21-17(24(21,26)27)13-34-22(16)20(19)23(30)31/h5-10,12,17,21H,3-4,11,13H2,1-2H3,(H,30,31)(H,32,33)/p-1/t17-,21+/m1/s1. The Labute approximate surface area is 203 Å². The number of alkyl halides is 2. The number of ether oxygens (including phenoxy) is 1. The topological polar surface area (TPSA) is 93.1 Å². The molecule has 0 aromatic heterocycles. The van der Waals surface area contributed by atoms with Crippen LogP contribution in [0.4, 0.5) is 24.5 Å². The van der Waals surface area contributed by atoms with E-state index in [1.165, 1.54) is 18.2 Å². The Morgan fingerprint density at radius 2 is 1.94 bits per heavy atom. The fourth-order valence-electron chi connectivity index (χ4n) is 4.50. The Morgan fingerprint density at radius 3 is 2.57 bits per heavy atom. The van der Waals surface area contributed by atoms with E-state index in [2.05, 4.69) is 4.90 Å². The molecule has 0 spiro atoms. The largest absolute Gasteiger partial charge is 0.755 e. The van der Waals surface area contributed by atoms with Crippen LogP contribution >= 0.6 is 0 Å². The molecule has 2 aromatic rings. The van der Waals surface area contributed by atoms with Crippen LogP contribution in [0.5, 0.6) is 5.75 Å². The van der Waals surface area contributed by atoms with E-state index in [4.69, 9.17) is 4.74 Å². The monoisotopic (exact) mass is 509 g/mol. The highest BCUT2D eigenvalue weighted by Crippen LogP contribution is 2.66. The molecule has 1 aliphatic heterocycles. The molecule has 1 fully saturated rings. The molecular weight excluding hydrogens is 485 g/mol. The van der Waals surface area contributed by atoms with Crippen LogP contribution in [0.2, 0.25) is 0 Å². The predicted molar refractivity (Wildman–Crippen MR) is 124 cm³/mol. The number of nitrogens with zero attached hydrogens (tertiary/aromatic N) is 2. The van der Waals surface area contributed by atoms with Gasteiger partial charge in [-0.15, -0.1) is 0 Å². The van der Waals surface area contributed by atoms with Crippen molar-refractivity contribution in [3.05, 3.63) is 58.9 Å². The zero-order valence-electron chi connectivity index (χ0n) is 19.0. The number of halogens is 3. The van der Waals surface area contributed by atoms with Gasteiger partial charge in [0.1, 0.15) is 17.1 Å². The average molecular weight is 510 g/mol. The van der Waals surface area contributed by atoms with Crippen molar-refractivity contribution in [1.82, 2.24) is 4.90 Å². The number of anilines is 2. The number of hydrogen-bond acceptors (Lipinski definition) is 5. The number of rotatable bonds is 9. The Kier molecular flexibility index (Phi) is 6.94. The van der Waals surface area contributed by atoms with Crippen LogP contribution in [-0.4, -0.2) is 56.9 Å². The molecule has 0 bridgehead atoms. The summed E-state index contributed by atoms with van der Waals surface area (Å²) in [6.45, 7) is 5.70. The van der Waals surface area contributed by atoms with Gasteiger partial charge in [0.15, 0.2) is 0 Å². The minimum absolute atomic E-state index is 0.00316. The van der Waals surface area contributed by atoms with Crippen LogP contribution in [0.25, 0.3) is 6.08 Å². The molecule has 1 aliphatic carbocycles. The number of benzene rings is 2. The summed E-state index contributed by atoms with van der Waals surface area (Å²) in [5, 5.41) is 9.92. The number of carbonyl (C=O) groups is 1. The second-order valence-corrected chi connectivity index (χ2v) is 9.16. The molecular formula is C24H24F3N2O5S-. The SMILES string of the molecule is CCN(CC)CC=Cc1cc(F)ccc1N(c1ccc2c(c1C(=O)O)OC[C@@H]1[C@H]2C1(F)F)S(=O)[O-]. The third-order valence-electron chi connectivity index (χ3n) is 6.46. The molecule has 35 heavy (non-hydrogen) atoms. The Balaban J connectivity index is 1.82. The summed E-state index contributed by atoms with van der Waals surface area (Å²) in [5.41, 5.74) is -0.608. The number of likely N-dealkylation sites (N-methyl/N-ethyl adjacent to an activating group) is 1. The van der Waals surface area contributed by atoms with Crippen molar-refractivity contribution < 1.29 is 36.6 Å². The third kappa shape index (κ3) is 4.55. The van der Waals surface area contributed by atoms with Gasteiger partial charge in [0.25, 0.3) is 5.92 Å². The summed E-state index contributed by atoms with van der Waals surface area (Å²) >= 11 is -3.03. The highest BCUT2D eigenvalue weighted by atomic mass is 32.2. The highest BCUT2D eigenvalue weighted by Gasteiger charge is 2.71. The zero-order chi connectivity index (χ0) is 25.5. The first kappa shape index (κ1) is 25.2. The smallest absolute Gasteiger partial charge is 0.341 e. The predicted octanol–water partition coefficient (Wildman–Crippen LogP) is 4.55. The number of hydrogen-bond donors (Lipinski definition) is 1. The van der Waals surface area contributed by atoms with Crippen LogP contribution in [-0.2, 0) is 11.3 Å². The van der Waals surface area contributed by atoms with Gasteiger partial charge in [-0.2, -0.15) is 0 Å². The maximum Gasteiger partial charge on any atom is 0.341 e. The van der Waals surface area contributed by atoms with Gasteiger partial charge < -0.3 is 19.3 Å². The molecule has 3 atom stereocenters. The summed E-state index contributed by atoms with van der Waals surface area (Å²) < 4.78 is 73.2. The van der Waals surface area contributed by atoms with E-state index in [9.17, 15) is 31.8 Å². The fraction of sp³-hybridized carbons (Fsp3) is 0.375. The molecule has 2 aliphatic rings. The molecule has 7 nitrogen and oxygen atoms in total. The van der Waals surface area contributed by atoms with Crippen molar-refractivity contribution in [2.45, 2.75) is 25.7 Å². The van der Waals surface area contributed by atoms with Gasteiger partial charge in [-0.3, -0.25) is 8.51 Å². The summed E-state index contributed by atoms with van der Waals surface area (Å²) in [6.07, 6.45) is 3.31. The molecule has 1 N–H and O–H groups in total. The summed E-state index contributed by atoms with van der Waals surface area (Å²) in [7, 11) is 0. The van der Waals surface area contributed by atoms with E-state index in [1.807, 2.05) is 13.8 Å². The van der Waals surface area contributed by atoms with Crippen molar-refractivity contribution in [3.8, 4) is 5.75 Å². The van der Waals surface area contributed by atoms with E-state index in [-0.39, 0.29) is 34.9 Å². The van der Waals surface area contributed by atoms with Crippen molar-refractivity contribution in [2.24, 2.45) is 5.92 Å². The van der Waals surface area contributed by atoms with Crippen LogP contribution in [0, 0.1) is 11.7 Å². The Hall–Kier alpha value is -2.89. The molecule has 1 heterocycles. The second kappa shape index (κ2) is 9.63. The molecule has 4 rings (SSSR count). The number of carboxylic acids is 1. The van der Waals surface area contributed by atoms with Gasteiger partial charge in [0, 0.05) is 17.7 Å². The minimum Gasteiger partial charge on any atom is -0.755 e. The third-order valence-corrected chi connectivity index (χ3v) is 7.15. The van der Waals surface area contributed by atoms with Crippen LogP contribution in [0.3, 0.4) is 0 Å². The summed E-state index contributed by atoms with van der Waals surface area (Å²) in [5.74, 6) is -7.63. The van der Waals surface area contributed by atoms with Crippen molar-refractivity contribution in [2.75, 3.05) is 30.5 Å². The molecule has 0 amide bonds. The lowest BCUT2D eigenvalue weighted by molar-refractivity contribution is 0.0691. The van der Waals surface area contributed by atoms with E-state index in [1.54, 1.807) is 12.2 Å². The number of aromatic carboxylic acids is 1. The van der Waals surface area contributed by atoms with Gasteiger partial charge in [-0.1, -0.05) is 32.1 Å². The number of fused-ring (bicyclic) bond motifs is 3. The van der Waals surface area contributed by atoms with Crippen molar-refractivity contribution >= 4 is 34.7 Å². The fourth-order valence-corrected chi connectivity index (χ4v) is 5.14.